The topological polar surface area (TPSA) is 61.9 Å². The Balaban J connectivity index is 1.43. The van der Waals surface area contributed by atoms with Crippen LogP contribution in [-0.2, 0) is 12.4 Å². The number of imidazole rings is 1. The highest BCUT2D eigenvalue weighted by Gasteiger charge is 2.36. The molecular weight excluding hydrogens is 486 g/mol. The molecule has 11 heteroatoms. The number of carbonyl (C=O) groups is 1. The van der Waals surface area contributed by atoms with E-state index >= 15 is 0 Å². The molecule has 186 valence electrons. The lowest BCUT2D eigenvalue weighted by molar-refractivity contribution is -0.144. The number of alkyl halides is 6. The number of aromatic nitrogens is 3. The van der Waals surface area contributed by atoms with Gasteiger partial charge in [0.2, 0.25) is 5.82 Å². The predicted molar refractivity (Wildman–Crippen MR) is 119 cm³/mol. The van der Waals surface area contributed by atoms with E-state index < -0.39 is 29.8 Å². The summed E-state index contributed by atoms with van der Waals surface area (Å²) in [6, 6.07) is 13.5. The summed E-state index contributed by atoms with van der Waals surface area (Å²) in [6.07, 6.45) is -7.86. The van der Waals surface area contributed by atoms with Crippen molar-refractivity contribution in [3.05, 3.63) is 83.3 Å². The van der Waals surface area contributed by atoms with Crippen molar-refractivity contribution < 1.29 is 31.1 Å². The van der Waals surface area contributed by atoms with Gasteiger partial charge in [-0.1, -0.05) is 18.2 Å². The molecule has 4 aromatic rings. The number of hydrogen-bond donors (Lipinski definition) is 1. The van der Waals surface area contributed by atoms with Crippen molar-refractivity contribution in [2.75, 3.05) is 6.54 Å². The number of aromatic amines is 1. The van der Waals surface area contributed by atoms with Crippen LogP contribution in [0.4, 0.5) is 26.3 Å². The first kappa shape index (κ1) is 23.8. The number of likely N-dealkylation sites (tertiary alicyclic amines) is 1. The van der Waals surface area contributed by atoms with Gasteiger partial charge in [-0.05, 0) is 55.3 Å². The lowest BCUT2D eigenvalue weighted by Crippen LogP contribution is -2.31. The molecule has 1 amide bonds. The molecule has 3 heterocycles. The molecule has 1 atom stereocenters. The summed E-state index contributed by atoms with van der Waals surface area (Å²) in [6.45, 7) is 0.410. The average molecular weight is 504 g/mol. The van der Waals surface area contributed by atoms with Crippen LogP contribution < -0.4 is 0 Å². The average Bonchev–Trinajstić information content (AvgIpc) is 3.50. The zero-order valence-corrected chi connectivity index (χ0v) is 18.5. The highest BCUT2D eigenvalue weighted by molar-refractivity contribution is 5.97. The summed E-state index contributed by atoms with van der Waals surface area (Å²) in [5.74, 6) is -1.52. The maximum absolute atomic E-state index is 13.3. The minimum absolute atomic E-state index is 0.0901. The molecule has 2 aromatic carbocycles. The van der Waals surface area contributed by atoms with Crippen molar-refractivity contribution in [2.45, 2.75) is 31.2 Å². The first-order chi connectivity index (χ1) is 17.0. The highest BCUT2D eigenvalue weighted by atomic mass is 19.4. The van der Waals surface area contributed by atoms with Crippen molar-refractivity contribution in [2.24, 2.45) is 0 Å². The van der Waals surface area contributed by atoms with Gasteiger partial charge < -0.3 is 9.88 Å². The maximum Gasteiger partial charge on any atom is 0.449 e. The largest absolute Gasteiger partial charge is 0.449 e. The van der Waals surface area contributed by atoms with Crippen LogP contribution in [0.2, 0.25) is 0 Å². The van der Waals surface area contributed by atoms with Crippen molar-refractivity contribution in [1.29, 1.82) is 0 Å². The van der Waals surface area contributed by atoms with Crippen LogP contribution in [0.5, 0.6) is 0 Å². The predicted octanol–water partition coefficient (Wildman–Crippen LogP) is 6.64. The van der Waals surface area contributed by atoms with Crippen LogP contribution in [0, 0.1) is 0 Å². The summed E-state index contributed by atoms with van der Waals surface area (Å²) >= 11 is 0. The van der Waals surface area contributed by atoms with Gasteiger partial charge in [-0.3, -0.25) is 9.78 Å². The lowest BCUT2D eigenvalue weighted by Gasteiger charge is -2.25. The SMILES string of the molecule is O=C(c1ccc2nc(C(F)(F)F)[nH]c2c1)N1CCC[C@@H]1c1cccc(-c2cccc(C(F)(F)F)c2)n1. The number of fused-ring (bicyclic) bond motifs is 1. The van der Waals surface area contributed by atoms with E-state index in [4.69, 9.17) is 0 Å². The fourth-order valence-corrected chi connectivity index (χ4v) is 4.41. The van der Waals surface area contributed by atoms with Crippen molar-refractivity contribution in [1.82, 2.24) is 19.9 Å². The molecule has 0 unspecified atom stereocenters. The molecular formula is C25H18F6N4O. The minimum atomic E-state index is -4.64. The highest BCUT2D eigenvalue weighted by Crippen LogP contribution is 2.35. The van der Waals surface area contributed by atoms with Gasteiger partial charge in [0.15, 0.2) is 0 Å². The van der Waals surface area contributed by atoms with E-state index in [1.54, 1.807) is 23.1 Å². The Morgan fingerprint density at radius 1 is 0.917 bits per heavy atom. The molecule has 0 spiro atoms. The molecule has 0 bridgehead atoms. The number of H-pyrrole nitrogens is 1. The third-order valence-electron chi connectivity index (χ3n) is 6.11. The van der Waals surface area contributed by atoms with E-state index in [1.165, 1.54) is 30.3 Å². The van der Waals surface area contributed by atoms with E-state index in [2.05, 4.69) is 15.0 Å². The monoisotopic (exact) mass is 504 g/mol. The molecule has 1 fully saturated rings. The van der Waals surface area contributed by atoms with Crippen LogP contribution in [0.1, 0.15) is 46.3 Å². The number of benzene rings is 2. The van der Waals surface area contributed by atoms with Gasteiger partial charge >= 0.3 is 12.4 Å². The zero-order valence-electron chi connectivity index (χ0n) is 18.5. The normalized spacial score (nSPS) is 16.6. The van der Waals surface area contributed by atoms with Crippen molar-refractivity contribution in [3.8, 4) is 11.3 Å². The van der Waals surface area contributed by atoms with Gasteiger partial charge in [0.1, 0.15) is 0 Å². The van der Waals surface area contributed by atoms with Crippen LogP contribution in [0.3, 0.4) is 0 Å². The van der Waals surface area contributed by atoms with Crippen molar-refractivity contribution >= 4 is 16.9 Å². The summed E-state index contributed by atoms with van der Waals surface area (Å²) in [5, 5.41) is 0. The van der Waals surface area contributed by atoms with Gasteiger partial charge in [0.05, 0.1) is 34.0 Å². The number of nitrogens with zero attached hydrogens (tertiary/aromatic N) is 3. The van der Waals surface area contributed by atoms with Crippen LogP contribution in [0.15, 0.2) is 60.7 Å². The number of halogens is 6. The number of nitrogens with one attached hydrogen (secondary N) is 1. The van der Waals surface area contributed by atoms with E-state index in [1.807, 2.05) is 0 Å². The summed E-state index contributed by atoms with van der Waals surface area (Å²) in [5.41, 5.74) is 0.761. The number of carbonyl (C=O) groups excluding carboxylic acids is 1. The fourth-order valence-electron chi connectivity index (χ4n) is 4.41. The van der Waals surface area contributed by atoms with Crippen LogP contribution in [-0.4, -0.2) is 32.3 Å². The Morgan fingerprint density at radius 3 is 2.44 bits per heavy atom. The Morgan fingerprint density at radius 2 is 1.69 bits per heavy atom. The number of pyridine rings is 1. The van der Waals surface area contributed by atoms with Gasteiger partial charge in [-0.2, -0.15) is 26.3 Å². The van der Waals surface area contributed by atoms with Crippen LogP contribution in [0.25, 0.3) is 22.3 Å². The molecule has 36 heavy (non-hydrogen) atoms. The molecule has 1 aliphatic heterocycles. The molecule has 1 saturated heterocycles. The Bertz CT molecular complexity index is 1440. The fraction of sp³-hybridized carbons (Fsp3) is 0.240. The Labute approximate surface area is 200 Å². The standard InChI is InChI=1S/C25H18F6N4O/c26-24(27,28)16-5-1-4-14(12-16)17-6-2-7-19(32-17)21-8-3-11-35(21)22(36)15-9-10-18-20(13-15)34-23(33-18)25(29,30)31/h1-2,4-7,9-10,12-13,21H,3,8,11H2,(H,33,34)/t21-/m1/s1. The molecule has 5 nitrogen and oxygen atoms in total. The second-order valence-corrected chi connectivity index (χ2v) is 8.50. The Kier molecular flexibility index (Phi) is 5.73. The van der Waals surface area contributed by atoms with Gasteiger partial charge in [0.25, 0.3) is 5.91 Å². The molecule has 1 N–H and O–H groups in total. The van der Waals surface area contributed by atoms with E-state index in [0.29, 0.717) is 36.3 Å². The third kappa shape index (κ3) is 4.52. The quantitative estimate of drug-likeness (QED) is 0.318. The second-order valence-electron chi connectivity index (χ2n) is 8.50. The van der Waals surface area contributed by atoms with Gasteiger partial charge in [0, 0.05) is 17.7 Å². The van der Waals surface area contributed by atoms with E-state index in [-0.39, 0.29) is 22.5 Å². The summed E-state index contributed by atoms with van der Waals surface area (Å²) in [7, 11) is 0. The van der Waals surface area contributed by atoms with E-state index in [9.17, 15) is 31.1 Å². The number of hydrogen-bond acceptors (Lipinski definition) is 3. The molecule has 2 aromatic heterocycles. The van der Waals surface area contributed by atoms with Gasteiger partial charge in [-0.25, -0.2) is 4.98 Å². The van der Waals surface area contributed by atoms with Gasteiger partial charge in [-0.15, -0.1) is 0 Å². The number of rotatable bonds is 3. The first-order valence-corrected chi connectivity index (χ1v) is 11.0. The summed E-state index contributed by atoms with van der Waals surface area (Å²) < 4.78 is 78.3. The molecule has 5 rings (SSSR count). The molecule has 0 saturated carbocycles. The van der Waals surface area contributed by atoms with Crippen molar-refractivity contribution in [3.63, 3.8) is 0 Å². The second kappa shape index (κ2) is 8.65. The molecule has 1 aliphatic rings. The summed E-state index contributed by atoms with van der Waals surface area (Å²) in [4.78, 5) is 25.2. The molecule has 0 aliphatic carbocycles. The smallest absolute Gasteiger partial charge is 0.334 e. The van der Waals surface area contributed by atoms with E-state index in [0.717, 1.165) is 12.1 Å². The lowest BCUT2D eigenvalue weighted by atomic mass is 10.0. The maximum atomic E-state index is 13.3. The first-order valence-electron chi connectivity index (χ1n) is 11.0. The number of amides is 1. The van der Waals surface area contributed by atoms with Crippen LogP contribution >= 0.6 is 0 Å². The molecule has 0 radical (unpaired) electrons. The minimum Gasteiger partial charge on any atom is -0.334 e. The Hall–Kier alpha value is -3.89. The third-order valence-corrected chi connectivity index (χ3v) is 6.11. The zero-order chi connectivity index (χ0) is 25.7.